The van der Waals surface area contributed by atoms with Crippen LogP contribution in [-0.4, -0.2) is 16.4 Å². The van der Waals surface area contributed by atoms with Crippen molar-refractivity contribution in [3.05, 3.63) is 41.7 Å². The van der Waals surface area contributed by atoms with E-state index in [0.717, 1.165) is 30.1 Å². The lowest BCUT2D eigenvalue weighted by Crippen LogP contribution is -2.01. The minimum absolute atomic E-state index is 0.526. The van der Waals surface area contributed by atoms with Gasteiger partial charge in [0.2, 0.25) is 0 Å². The van der Waals surface area contributed by atoms with Gasteiger partial charge in [-0.2, -0.15) is 10.4 Å². The van der Waals surface area contributed by atoms with E-state index in [-0.39, 0.29) is 0 Å². The molecule has 110 valence electrons. The average molecular weight is 284 g/mol. The lowest BCUT2D eigenvalue weighted by molar-refractivity contribution is 0.313. The van der Waals surface area contributed by atoms with E-state index in [1.807, 2.05) is 49.1 Å². The van der Waals surface area contributed by atoms with Crippen molar-refractivity contribution >= 4 is 5.69 Å². The number of aryl methyl sites for hydroxylation is 2. The first-order chi connectivity index (χ1) is 10.2. The Morgan fingerprint density at radius 3 is 3.00 bits per heavy atom. The lowest BCUT2D eigenvalue weighted by Gasteiger charge is -2.09. The molecule has 0 amide bonds. The van der Waals surface area contributed by atoms with E-state index in [4.69, 9.17) is 10.00 Å². The molecule has 0 atom stereocenters. The van der Waals surface area contributed by atoms with Gasteiger partial charge in [0, 0.05) is 43.5 Å². The first-order valence-corrected chi connectivity index (χ1v) is 7.02. The quantitative estimate of drug-likeness (QED) is 0.794. The predicted molar refractivity (Wildman–Crippen MR) is 82.1 cm³/mol. The molecule has 5 heteroatoms. The van der Waals surface area contributed by atoms with Crippen molar-refractivity contribution < 1.29 is 4.74 Å². The molecule has 5 nitrogen and oxygen atoms in total. The van der Waals surface area contributed by atoms with Gasteiger partial charge in [0.25, 0.3) is 0 Å². The van der Waals surface area contributed by atoms with E-state index in [1.165, 1.54) is 5.56 Å². The van der Waals surface area contributed by atoms with Crippen molar-refractivity contribution in [2.24, 2.45) is 7.05 Å². The van der Waals surface area contributed by atoms with Gasteiger partial charge in [-0.3, -0.25) is 4.68 Å². The van der Waals surface area contributed by atoms with Gasteiger partial charge in [0.1, 0.15) is 5.75 Å². The zero-order valence-electron chi connectivity index (χ0n) is 12.5. The number of anilines is 1. The second kappa shape index (κ2) is 7.34. The molecule has 0 fully saturated rings. The molecule has 0 bridgehead atoms. The Kier molecular flexibility index (Phi) is 5.22. The highest BCUT2D eigenvalue weighted by Crippen LogP contribution is 2.18. The van der Waals surface area contributed by atoms with Crippen molar-refractivity contribution in [1.82, 2.24) is 9.78 Å². The number of unbranched alkanes of at least 4 members (excludes halogenated alkanes) is 1. The van der Waals surface area contributed by atoms with Crippen molar-refractivity contribution in [3.63, 3.8) is 0 Å². The summed E-state index contributed by atoms with van der Waals surface area (Å²) in [7, 11) is 1.92. The van der Waals surface area contributed by atoms with Crippen LogP contribution >= 0.6 is 0 Å². The third-order valence-electron chi connectivity index (χ3n) is 3.13. The molecule has 0 spiro atoms. The average Bonchev–Trinajstić information content (AvgIpc) is 2.80. The summed E-state index contributed by atoms with van der Waals surface area (Å²) in [6.45, 7) is 3.31. The predicted octanol–water partition coefficient (Wildman–Crippen LogP) is 3.02. The summed E-state index contributed by atoms with van der Waals surface area (Å²) in [4.78, 5) is 0. The van der Waals surface area contributed by atoms with E-state index in [0.29, 0.717) is 13.0 Å². The van der Waals surface area contributed by atoms with Crippen LogP contribution in [0.4, 0.5) is 5.69 Å². The number of hydrogen-bond donors (Lipinski definition) is 1. The van der Waals surface area contributed by atoms with Gasteiger partial charge in [0.15, 0.2) is 0 Å². The Morgan fingerprint density at radius 1 is 1.43 bits per heavy atom. The van der Waals surface area contributed by atoms with Gasteiger partial charge in [0.05, 0.1) is 18.4 Å². The summed E-state index contributed by atoms with van der Waals surface area (Å²) in [5, 5.41) is 16.2. The minimum atomic E-state index is 0.526. The third-order valence-corrected chi connectivity index (χ3v) is 3.13. The largest absolute Gasteiger partial charge is 0.493 e. The summed E-state index contributed by atoms with van der Waals surface area (Å²) in [6.07, 6.45) is 3.30. The van der Waals surface area contributed by atoms with Gasteiger partial charge in [-0.25, -0.2) is 0 Å². The number of aromatic nitrogens is 2. The molecule has 1 N–H and O–H groups in total. The Bertz CT molecular complexity index is 627. The van der Waals surface area contributed by atoms with Gasteiger partial charge >= 0.3 is 0 Å². The third kappa shape index (κ3) is 4.53. The number of ether oxygens (including phenoxy) is 1. The first kappa shape index (κ1) is 14.9. The number of nitrogens with one attached hydrogen (secondary N) is 1. The SMILES string of the molecule is Cc1nn(C)cc1CNc1cccc(OCCCC#N)c1. The molecule has 0 saturated heterocycles. The fourth-order valence-corrected chi connectivity index (χ4v) is 2.06. The molecule has 1 aromatic heterocycles. The van der Waals surface area contributed by atoms with E-state index in [1.54, 1.807) is 0 Å². The molecule has 0 aliphatic carbocycles. The molecule has 0 unspecified atom stereocenters. The van der Waals surface area contributed by atoms with Crippen LogP contribution in [-0.2, 0) is 13.6 Å². The zero-order chi connectivity index (χ0) is 15.1. The van der Waals surface area contributed by atoms with E-state index in [2.05, 4.69) is 16.5 Å². The molecule has 2 aromatic rings. The fraction of sp³-hybridized carbons (Fsp3) is 0.375. The fourth-order valence-electron chi connectivity index (χ4n) is 2.06. The van der Waals surface area contributed by atoms with Crippen LogP contribution in [0.25, 0.3) is 0 Å². The second-order valence-electron chi connectivity index (χ2n) is 4.90. The standard InChI is InChI=1S/C16H20N4O/c1-13-14(12-20(2)19-13)11-18-15-6-5-7-16(10-15)21-9-4-3-8-17/h5-7,10,12,18H,3-4,9,11H2,1-2H3. The molecule has 0 aliphatic heterocycles. The van der Waals surface area contributed by atoms with Gasteiger partial charge in [-0.05, 0) is 25.5 Å². The van der Waals surface area contributed by atoms with Crippen molar-refractivity contribution in [1.29, 1.82) is 5.26 Å². The van der Waals surface area contributed by atoms with E-state index >= 15 is 0 Å². The number of hydrogen-bond acceptors (Lipinski definition) is 4. The van der Waals surface area contributed by atoms with Crippen LogP contribution in [0.3, 0.4) is 0 Å². The minimum Gasteiger partial charge on any atom is -0.493 e. The normalized spacial score (nSPS) is 10.1. The summed E-state index contributed by atoms with van der Waals surface area (Å²) in [5.74, 6) is 0.820. The van der Waals surface area contributed by atoms with Crippen molar-refractivity contribution in [2.45, 2.75) is 26.3 Å². The van der Waals surface area contributed by atoms with Crippen LogP contribution in [0.1, 0.15) is 24.1 Å². The summed E-state index contributed by atoms with van der Waals surface area (Å²) in [5.41, 5.74) is 3.22. The number of nitriles is 1. The molecule has 1 aromatic carbocycles. The summed E-state index contributed by atoms with van der Waals surface area (Å²) < 4.78 is 7.44. The topological polar surface area (TPSA) is 62.9 Å². The number of nitrogens with zero attached hydrogens (tertiary/aromatic N) is 3. The first-order valence-electron chi connectivity index (χ1n) is 7.02. The highest BCUT2D eigenvalue weighted by atomic mass is 16.5. The maximum absolute atomic E-state index is 8.49. The van der Waals surface area contributed by atoms with Gasteiger partial charge in [-0.15, -0.1) is 0 Å². The number of benzene rings is 1. The molecule has 0 saturated carbocycles. The van der Waals surface area contributed by atoms with Crippen LogP contribution < -0.4 is 10.1 Å². The van der Waals surface area contributed by atoms with E-state index < -0.39 is 0 Å². The highest BCUT2D eigenvalue weighted by molar-refractivity contribution is 5.48. The van der Waals surface area contributed by atoms with Crippen LogP contribution in [0.2, 0.25) is 0 Å². The smallest absolute Gasteiger partial charge is 0.121 e. The number of rotatable bonds is 7. The Labute approximate surface area is 125 Å². The molecule has 0 aliphatic rings. The lowest BCUT2D eigenvalue weighted by atomic mass is 10.2. The monoisotopic (exact) mass is 284 g/mol. The Morgan fingerprint density at radius 2 is 2.29 bits per heavy atom. The van der Waals surface area contributed by atoms with Crippen LogP contribution in [0, 0.1) is 18.3 Å². The molecule has 0 radical (unpaired) electrons. The maximum atomic E-state index is 8.49. The molecule has 2 rings (SSSR count). The van der Waals surface area contributed by atoms with Gasteiger partial charge in [-0.1, -0.05) is 6.07 Å². The van der Waals surface area contributed by atoms with Crippen molar-refractivity contribution in [3.8, 4) is 11.8 Å². The molecular weight excluding hydrogens is 264 g/mol. The molecular formula is C16H20N4O. The van der Waals surface area contributed by atoms with E-state index in [9.17, 15) is 0 Å². The summed E-state index contributed by atoms with van der Waals surface area (Å²) >= 11 is 0. The van der Waals surface area contributed by atoms with Crippen LogP contribution in [0.15, 0.2) is 30.5 Å². The highest BCUT2D eigenvalue weighted by Gasteiger charge is 2.03. The Hall–Kier alpha value is -2.48. The van der Waals surface area contributed by atoms with Gasteiger partial charge < -0.3 is 10.1 Å². The second-order valence-corrected chi connectivity index (χ2v) is 4.90. The van der Waals surface area contributed by atoms with Crippen molar-refractivity contribution in [2.75, 3.05) is 11.9 Å². The summed E-state index contributed by atoms with van der Waals surface area (Å²) in [6, 6.07) is 9.97. The maximum Gasteiger partial charge on any atom is 0.121 e. The zero-order valence-corrected chi connectivity index (χ0v) is 12.5. The Balaban J connectivity index is 1.89. The molecule has 21 heavy (non-hydrogen) atoms. The van der Waals surface area contributed by atoms with Crippen LogP contribution in [0.5, 0.6) is 5.75 Å². The molecule has 1 heterocycles.